The molecule has 0 amide bonds. The van der Waals surface area contributed by atoms with Crippen LogP contribution >= 0.6 is 0 Å². The molecule has 0 radical (unpaired) electrons. The summed E-state index contributed by atoms with van der Waals surface area (Å²) in [6, 6.07) is 7.09. The van der Waals surface area contributed by atoms with Crippen LogP contribution in [0.15, 0.2) is 24.3 Å². The standard InChI is InChI=1S/C16H26N2O/c1-3-5-6-7-12-18-15(4-2)16(19)13-8-10-14(17)11-9-13/h8-11,15,18H,3-7,12,17H2,1-2H3. The minimum absolute atomic E-state index is 0.0785. The Morgan fingerprint density at radius 3 is 2.42 bits per heavy atom. The first kappa shape index (κ1) is 15.7. The van der Waals surface area contributed by atoms with Crippen LogP contribution in [0.2, 0.25) is 0 Å². The molecule has 0 aliphatic carbocycles. The highest BCUT2D eigenvalue weighted by Crippen LogP contribution is 2.10. The van der Waals surface area contributed by atoms with Crippen LogP contribution in [0.25, 0.3) is 0 Å². The fourth-order valence-electron chi connectivity index (χ4n) is 2.10. The Hall–Kier alpha value is -1.35. The molecule has 1 atom stereocenters. The van der Waals surface area contributed by atoms with Crippen molar-refractivity contribution < 1.29 is 4.79 Å². The maximum Gasteiger partial charge on any atom is 0.179 e. The second kappa shape index (κ2) is 8.70. The molecule has 0 heterocycles. The number of anilines is 1. The Morgan fingerprint density at radius 2 is 1.84 bits per heavy atom. The Kier molecular flexibility index (Phi) is 7.19. The van der Waals surface area contributed by atoms with Crippen LogP contribution in [-0.4, -0.2) is 18.4 Å². The van der Waals surface area contributed by atoms with E-state index in [2.05, 4.69) is 12.2 Å². The molecule has 0 spiro atoms. The third-order valence-electron chi connectivity index (χ3n) is 3.34. The SMILES string of the molecule is CCCCCCNC(CC)C(=O)c1ccc(N)cc1. The number of unbranched alkanes of at least 4 members (excludes halogenated alkanes) is 3. The zero-order valence-corrected chi connectivity index (χ0v) is 12.1. The van der Waals surface area contributed by atoms with Gasteiger partial charge < -0.3 is 11.1 Å². The predicted molar refractivity (Wildman–Crippen MR) is 81.4 cm³/mol. The summed E-state index contributed by atoms with van der Waals surface area (Å²) in [6.07, 6.45) is 5.69. The van der Waals surface area contributed by atoms with Crippen molar-refractivity contribution in [1.29, 1.82) is 0 Å². The Labute approximate surface area is 116 Å². The first-order chi connectivity index (χ1) is 9.19. The lowest BCUT2D eigenvalue weighted by Crippen LogP contribution is -2.36. The zero-order valence-electron chi connectivity index (χ0n) is 12.1. The van der Waals surface area contributed by atoms with Gasteiger partial charge in [-0.25, -0.2) is 0 Å². The van der Waals surface area contributed by atoms with Crippen LogP contribution in [0.1, 0.15) is 56.3 Å². The van der Waals surface area contributed by atoms with E-state index >= 15 is 0 Å². The van der Waals surface area contributed by atoms with E-state index < -0.39 is 0 Å². The number of hydrogen-bond donors (Lipinski definition) is 2. The molecular weight excluding hydrogens is 236 g/mol. The molecule has 1 unspecified atom stereocenters. The molecule has 0 aliphatic rings. The summed E-state index contributed by atoms with van der Waals surface area (Å²) in [6.45, 7) is 5.16. The third kappa shape index (κ3) is 5.43. The lowest BCUT2D eigenvalue weighted by Gasteiger charge is -2.16. The number of ketones is 1. The number of nitrogens with one attached hydrogen (secondary N) is 1. The third-order valence-corrected chi connectivity index (χ3v) is 3.34. The molecule has 1 rings (SSSR count). The van der Waals surface area contributed by atoms with Gasteiger partial charge in [0.15, 0.2) is 5.78 Å². The van der Waals surface area contributed by atoms with Gasteiger partial charge in [-0.1, -0.05) is 33.1 Å². The van der Waals surface area contributed by atoms with Gasteiger partial charge in [0.2, 0.25) is 0 Å². The van der Waals surface area contributed by atoms with Crippen LogP contribution < -0.4 is 11.1 Å². The molecule has 106 valence electrons. The number of carbonyl (C=O) groups excluding carboxylic acids is 1. The second-order valence-electron chi connectivity index (χ2n) is 4.96. The van der Waals surface area contributed by atoms with Crippen molar-refractivity contribution in [2.24, 2.45) is 0 Å². The molecule has 0 bridgehead atoms. The molecule has 1 aromatic carbocycles. The number of carbonyl (C=O) groups is 1. The molecular formula is C16H26N2O. The molecule has 3 nitrogen and oxygen atoms in total. The number of Topliss-reactive ketones (excluding diaryl/α,β-unsaturated/α-hetero) is 1. The summed E-state index contributed by atoms with van der Waals surface area (Å²) >= 11 is 0. The first-order valence-electron chi connectivity index (χ1n) is 7.32. The van der Waals surface area contributed by atoms with Crippen LogP contribution in [-0.2, 0) is 0 Å². The molecule has 1 aromatic rings. The largest absolute Gasteiger partial charge is 0.399 e. The monoisotopic (exact) mass is 262 g/mol. The maximum atomic E-state index is 12.3. The quantitative estimate of drug-likeness (QED) is 0.407. The van der Waals surface area contributed by atoms with Gasteiger partial charge in [-0.15, -0.1) is 0 Å². The van der Waals surface area contributed by atoms with Crippen molar-refractivity contribution in [2.45, 2.75) is 52.0 Å². The molecule has 0 saturated carbocycles. The van der Waals surface area contributed by atoms with Crippen molar-refractivity contribution in [3.63, 3.8) is 0 Å². The molecule has 0 aliphatic heterocycles. The molecule has 0 fully saturated rings. The Morgan fingerprint density at radius 1 is 1.16 bits per heavy atom. The lowest BCUT2D eigenvalue weighted by molar-refractivity contribution is 0.0940. The fourth-order valence-corrected chi connectivity index (χ4v) is 2.10. The van der Waals surface area contributed by atoms with E-state index in [1.54, 1.807) is 24.3 Å². The number of rotatable bonds is 9. The summed E-state index contributed by atoms with van der Waals surface area (Å²) < 4.78 is 0. The van der Waals surface area contributed by atoms with E-state index in [4.69, 9.17) is 5.73 Å². The number of benzene rings is 1. The van der Waals surface area contributed by atoms with Gasteiger partial charge in [0.05, 0.1) is 6.04 Å². The van der Waals surface area contributed by atoms with Gasteiger partial charge >= 0.3 is 0 Å². The molecule has 0 saturated heterocycles. The topological polar surface area (TPSA) is 55.1 Å². The van der Waals surface area contributed by atoms with Crippen molar-refractivity contribution in [1.82, 2.24) is 5.32 Å². The number of nitrogen functional groups attached to an aromatic ring is 1. The summed E-state index contributed by atoms with van der Waals surface area (Å²) in [5, 5.41) is 3.36. The van der Waals surface area contributed by atoms with Gasteiger partial charge in [0.25, 0.3) is 0 Å². The van der Waals surface area contributed by atoms with Crippen LogP contribution in [0.3, 0.4) is 0 Å². The maximum absolute atomic E-state index is 12.3. The van der Waals surface area contributed by atoms with E-state index in [9.17, 15) is 4.79 Å². The lowest BCUT2D eigenvalue weighted by atomic mass is 10.0. The van der Waals surface area contributed by atoms with E-state index in [1.807, 2.05) is 6.92 Å². The summed E-state index contributed by atoms with van der Waals surface area (Å²) in [5.74, 6) is 0.165. The van der Waals surface area contributed by atoms with Crippen LogP contribution in [0.5, 0.6) is 0 Å². The normalized spacial score (nSPS) is 12.3. The smallest absolute Gasteiger partial charge is 0.179 e. The van der Waals surface area contributed by atoms with Crippen LogP contribution in [0, 0.1) is 0 Å². The minimum Gasteiger partial charge on any atom is -0.399 e. The van der Waals surface area contributed by atoms with Gasteiger partial charge in [-0.05, 0) is 43.7 Å². The van der Waals surface area contributed by atoms with Crippen molar-refractivity contribution in [3.05, 3.63) is 29.8 Å². The molecule has 3 heteroatoms. The average molecular weight is 262 g/mol. The number of hydrogen-bond acceptors (Lipinski definition) is 3. The van der Waals surface area contributed by atoms with Gasteiger partial charge in [0.1, 0.15) is 0 Å². The van der Waals surface area contributed by atoms with E-state index in [0.717, 1.165) is 24.9 Å². The summed E-state index contributed by atoms with van der Waals surface area (Å²) in [7, 11) is 0. The van der Waals surface area contributed by atoms with Gasteiger partial charge in [-0.3, -0.25) is 4.79 Å². The van der Waals surface area contributed by atoms with Crippen LogP contribution in [0.4, 0.5) is 5.69 Å². The van der Waals surface area contributed by atoms with Crippen molar-refractivity contribution in [3.8, 4) is 0 Å². The van der Waals surface area contributed by atoms with Gasteiger partial charge in [0, 0.05) is 11.3 Å². The highest BCUT2D eigenvalue weighted by molar-refractivity contribution is 6.00. The first-order valence-corrected chi connectivity index (χ1v) is 7.32. The minimum atomic E-state index is -0.0785. The fraction of sp³-hybridized carbons (Fsp3) is 0.562. The predicted octanol–water partition coefficient (Wildman–Crippen LogP) is 3.40. The Bertz CT molecular complexity index is 373. The second-order valence-corrected chi connectivity index (χ2v) is 4.96. The van der Waals surface area contributed by atoms with E-state index in [-0.39, 0.29) is 11.8 Å². The Balaban J connectivity index is 2.45. The van der Waals surface area contributed by atoms with Gasteiger partial charge in [-0.2, -0.15) is 0 Å². The molecule has 19 heavy (non-hydrogen) atoms. The molecule has 3 N–H and O–H groups in total. The summed E-state index contributed by atoms with van der Waals surface area (Å²) in [5.41, 5.74) is 7.07. The molecule has 0 aromatic heterocycles. The van der Waals surface area contributed by atoms with E-state index in [0.29, 0.717) is 5.69 Å². The summed E-state index contributed by atoms with van der Waals surface area (Å²) in [4.78, 5) is 12.3. The van der Waals surface area contributed by atoms with E-state index in [1.165, 1.54) is 19.3 Å². The average Bonchev–Trinajstić information content (AvgIpc) is 2.43. The highest BCUT2D eigenvalue weighted by Gasteiger charge is 2.16. The number of nitrogens with two attached hydrogens (primary N) is 1. The zero-order chi connectivity index (χ0) is 14.1. The highest BCUT2D eigenvalue weighted by atomic mass is 16.1. The van der Waals surface area contributed by atoms with Crippen molar-refractivity contribution in [2.75, 3.05) is 12.3 Å². The van der Waals surface area contributed by atoms with Crippen molar-refractivity contribution >= 4 is 11.5 Å².